The third kappa shape index (κ3) is 4.11. The number of furan rings is 1. The summed E-state index contributed by atoms with van der Waals surface area (Å²) in [6.45, 7) is 7.84. The standard InChI is InChI=1S/C23H27NO6/c1-13(2)29-11-10-24-20(18-9-6-15(4)30-18)19(22(26)23(24)27)21(25)17-8-7-16(28-5)12-14(17)3/h6-9,12-13,20,25H,10-11H2,1-5H3/b21-19-. The quantitative estimate of drug-likeness (QED) is 0.422. The SMILES string of the molecule is COc1ccc(/C(O)=C2/C(=O)C(=O)N(CCOC(C)C)C2c2ccc(C)o2)c(C)c1. The molecule has 1 unspecified atom stereocenters. The minimum atomic E-state index is -0.823. The van der Waals surface area contributed by atoms with Gasteiger partial charge in [0.15, 0.2) is 0 Å². The molecule has 3 rings (SSSR count). The lowest BCUT2D eigenvalue weighted by Crippen LogP contribution is -2.33. The molecular weight excluding hydrogens is 386 g/mol. The molecule has 1 amide bonds. The molecule has 2 aromatic rings. The number of aliphatic hydroxyl groups excluding tert-OH is 1. The normalized spacial score (nSPS) is 18.5. The van der Waals surface area contributed by atoms with Crippen LogP contribution in [0.25, 0.3) is 5.76 Å². The predicted octanol–water partition coefficient (Wildman–Crippen LogP) is 3.75. The Bertz CT molecular complexity index is 987. The number of ketones is 1. The van der Waals surface area contributed by atoms with Crippen molar-refractivity contribution in [3.63, 3.8) is 0 Å². The lowest BCUT2D eigenvalue weighted by molar-refractivity contribution is -0.140. The maximum Gasteiger partial charge on any atom is 0.295 e. The molecule has 2 heterocycles. The third-order valence-electron chi connectivity index (χ3n) is 5.04. The van der Waals surface area contributed by atoms with E-state index in [9.17, 15) is 14.7 Å². The molecule has 0 radical (unpaired) electrons. The van der Waals surface area contributed by atoms with E-state index in [-0.39, 0.29) is 30.6 Å². The van der Waals surface area contributed by atoms with Gasteiger partial charge in [0.1, 0.15) is 29.1 Å². The number of rotatable bonds is 7. The van der Waals surface area contributed by atoms with Crippen molar-refractivity contribution in [2.24, 2.45) is 0 Å². The molecule has 1 atom stereocenters. The van der Waals surface area contributed by atoms with Crippen LogP contribution in [0.15, 0.2) is 40.3 Å². The van der Waals surface area contributed by atoms with Crippen molar-refractivity contribution >= 4 is 17.4 Å². The highest BCUT2D eigenvalue weighted by Crippen LogP contribution is 2.40. The van der Waals surface area contributed by atoms with E-state index in [0.717, 1.165) is 5.56 Å². The van der Waals surface area contributed by atoms with E-state index in [1.165, 1.54) is 4.90 Å². The number of Topliss-reactive ketones (excluding diaryl/α,β-unsaturated/α-hetero) is 1. The Labute approximate surface area is 175 Å². The van der Waals surface area contributed by atoms with Gasteiger partial charge in [-0.15, -0.1) is 0 Å². The van der Waals surface area contributed by atoms with Gasteiger partial charge in [0.2, 0.25) is 0 Å². The number of hydrogen-bond acceptors (Lipinski definition) is 6. The number of aliphatic hydroxyl groups is 1. The first-order valence-corrected chi connectivity index (χ1v) is 9.86. The summed E-state index contributed by atoms with van der Waals surface area (Å²) in [5.41, 5.74) is 1.18. The predicted molar refractivity (Wildman–Crippen MR) is 111 cm³/mol. The smallest absolute Gasteiger partial charge is 0.295 e. The van der Waals surface area contributed by atoms with Crippen molar-refractivity contribution in [2.75, 3.05) is 20.3 Å². The van der Waals surface area contributed by atoms with E-state index < -0.39 is 17.7 Å². The first-order valence-electron chi connectivity index (χ1n) is 9.86. The number of likely N-dealkylation sites (tertiary alicyclic amines) is 1. The monoisotopic (exact) mass is 413 g/mol. The lowest BCUT2D eigenvalue weighted by atomic mass is 9.97. The molecule has 1 aliphatic rings. The maximum absolute atomic E-state index is 12.9. The number of carbonyl (C=O) groups excluding carboxylic acids is 2. The van der Waals surface area contributed by atoms with Gasteiger partial charge in [-0.25, -0.2) is 0 Å². The van der Waals surface area contributed by atoms with Gasteiger partial charge in [-0.2, -0.15) is 0 Å². The highest BCUT2D eigenvalue weighted by molar-refractivity contribution is 6.46. The Morgan fingerprint density at radius 1 is 1.20 bits per heavy atom. The molecule has 0 spiro atoms. The Hall–Kier alpha value is -3.06. The average Bonchev–Trinajstić information content (AvgIpc) is 3.23. The van der Waals surface area contributed by atoms with Crippen LogP contribution >= 0.6 is 0 Å². The number of carbonyl (C=O) groups is 2. The number of benzene rings is 1. The molecule has 0 aliphatic carbocycles. The molecule has 0 bridgehead atoms. The molecule has 1 aromatic heterocycles. The molecule has 1 aromatic carbocycles. The van der Waals surface area contributed by atoms with Gasteiger partial charge in [-0.05, 0) is 63.6 Å². The van der Waals surface area contributed by atoms with Gasteiger partial charge in [0.05, 0.1) is 25.4 Å². The van der Waals surface area contributed by atoms with Crippen LogP contribution in [0.2, 0.25) is 0 Å². The van der Waals surface area contributed by atoms with E-state index in [2.05, 4.69) is 0 Å². The fourth-order valence-electron chi connectivity index (χ4n) is 3.57. The zero-order chi connectivity index (χ0) is 22.0. The fourth-order valence-corrected chi connectivity index (χ4v) is 3.57. The number of aryl methyl sites for hydroxylation is 2. The lowest BCUT2D eigenvalue weighted by Gasteiger charge is -2.23. The summed E-state index contributed by atoms with van der Waals surface area (Å²) in [6, 6.07) is 7.78. The van der Waals surface area contributed by atoms with Crippen LogP contribution < -0.4 is 4.74 Å². The Kier molecular flexibility index (Phi) is 6.31. The molecule has 1 N–H and O–H groups in total. The summed E-state index contributed by atoms with van der Waals surface area (Å²) >= 11 is 0. The summed E-state index contributed by atoms with van der Waals surface area (Å²) in [6.07, 6.45) is -0.00641. The van der Waals surface area contributed by atoms with E-state index in [4.69, 9.17) is 13.9 Å². The van der Waals surface area contributed by atoms with Crippen molar-refractivity contribution in [1.82, 2.24) is 4.90 Å². The van der Waals surface area contributed by atoms with E-state index in [1.54, 1.807) is 51.3 Å². The van der Waals surface area contributed by atoms with Crippen LogP contribution in [0.5, 0.6) is 5.75 Å². The van der Waals surface area contributed by atoms with E-state index in [1.807, 2.05) is 13.8 Å². The van der Waals surface area contributed by atoms with Gasteiger partial charge in [-0.1, -0.05) is 0 Å². The molecule has 7 heteroatoms. The minimum Gasteiger partial charge on any atom is -0.507 e. The summed E-state index contributed by atoms with van der Waals surface area (Å²) in [5.74, 6) is 0.0347. The molecule has 160 valence electrons. The number of hydrogen-bond donors (Lipinski definition) is 1. The van der Waals surface area contributed by atoms with Gasteiger partial charge in [0, 0.05) is 12.1 Å². The summed E-state index contributed by atoms with van der Waals surface area (Å²) in [4.78, 5) is 27.1. The highest BCUT2D eigenvalue weighted by atomic mass is 16.5. The molecule has 1 aliphatic heterocycles. The third-order valence-corrected chi connectivity index (χ3v) is 5.04. The average molecular weight is 413 g/mol. The van der Waals surface area contributed by atoms with Gasteiger partial charge >= 0.3 is 0 Å². The topological polar surface area (TPSA) is 89.2 Å². The number of amides is 1. The van der Waals surface area contributed by atoms with Crippen LogP contribution in [0.4, 0.5) is 0 Å². The van der Waals surface area contributed by atoms with Crippen molar-refractivity contribution in [1.29, 1.82) is 0 Å². The Balaban J connectivity index is 2.09. The number of methoxy groups -OCH3 is 1. The molecule has 1 saturated heterocycles. The fraction of sp³-hybridized carbons (Fsp3) is 0.391. The van der Waals surface area contributed by atoms with Crippen molar-refractivity contribution in [3.8, 4) is 5.75 Å². The van der Waals surface area contributed by atoms with Crippen LogP contribution in [0.3, 0.4) is 0 Å². The van der Waals surface area contributed by atoms with E-state index in [0.29, 0.717) is 22.8 Å². The van der Waals surface area contributed by atoms with Crippen LogP contribution in [0.1, 0.15) is 42.5 Å². The Morgan fingerprint density at radius 2 is 1.93 bits per heavy atom. The second-order valence-electron chi connectivity index (χ2n) is 7.54. The zero-order valence-corrected chi connectivity index (χ0v) is 17.9. The summed E-state index contributed by atoms with van der Waals surface area (Å²) < 4.78 is 16.5. The van der Waals surface area contributed by atoms with Crippen molar-refractivity contribution in [3.05, 3.63) is 58.6 Å². The number of nitrogens with zero attached hydrogens (tertiary/aromatic N) is 1. The second-order valence-corrected chi connectivity index (χ2v) is 7.54. The Morgan fingerprint density at radius 3 is 2.50 bits per heavy atom. The number of ether oxygens (including phenoxy) is 2. The largest absolute Gasteiger partial charge is 0.507 e. The summed E-state index contributed by atoms with van der Waals surface area (Å²) in [7, 11) is 1.55. The van der Waals surface area contributed by atoms with Crippen LogP contribution in [0, 0.1) is 13.8 Å². The molecular formula is C23H27NO6. The van der Waals surface area contributed by atoms with Gasteiger partial charge < -0.3 is 23.9 Å². The minimum absolute atomic E-state index is 0.00641. The first-order chi connectivity index (χ1) is 14.2. The second kappa shape index (κ2) is 8.75. The first kappa shape index (κ1) is 21.6. The maximum atomic E-state index is 12.9. The molecule has 30 heavy (non-hydrogen) atoms. The van der Waals surface area contributed by atoms with E-state index >= 15 is 0 Å². The molecule has 0 saturated carbocycles. The highest BCUT2D eigenvalue weighted by Gasteiger charge is 2.47. The summed E-state index contributed by atoms with van der Waals surface area (Å²) in [5, 5.41) is 11.1. The van der Waals surface area contributed by atoms with Gasteiger partial charge in [0.25, 0.3) is 11.7 Å². The van der Waals surface area contributed by atoms with Crippen molar-refractivity contribution < 1.29 is 28.6 Å². The molecule has 7 nitrogen and oxygen atoms in total. The molecule has 1 fully saturated rings. The zero-order valence-electron chi connectivity index (χ0n) is 17.9. The van der Waals surface area contributed by atoms with Crippen molar-refractivity contribution in [2.45, 2.75) is 39.8 Å². The van der Waals surface area contributed by atoms with Crippen LogP contribution in [-0.4, -0.2) is 48.1 Å². The van der Waals surface area contributed by atoms with Crippen LogP contribution in [-0.2, 0) is 14.3 Å². The van der Waals surface area contributed by atoms with Gasteiger partial charge in [-0.3, -0.25) is 9.59 Å².